The summed E-state index contributed by atoms with van der Waals surface area (Å²) in [7, 11) is 0. The zero-order valence-electron chi connectivity index (χ0n) is 4.56. The normalized spacial score (nSPS) is 13.4. The van der Waals surface area contributed by atoms with Gasteiger partial charge in [-0.15, -0.1) is 6.58 Å². The summed E-state index contributed by atoms with van der Waals surface area (Å²) >= 11 is 0. The van der Waals surface area contributed by atoms with Gasteiger partial charge in [-0.25, -0.2) is 0 Å². The van der Waals surface area contributed by atoms with Gasteiger partial charge in [-0.2, -0.15) is 0 Å². The molecule has 0 aromatic rings. The van der Waals surface area contributed by atoms with Crippen molar-refractivity contribution in [2.75, 3.05) is 0 Å². The maximum absolute atomic E-state index is 5.32. The van der Waals surface area contributed by atoms with Crippen LogP contribution in [0.3, 0.4) is 0 Å². The lowest BCUT2D eigenvalue weighted by Crippen LogP contribution is -2.13. The largest absolute Gasteiger partial charge is 0.328 e. The van der Waals surface area contributed by atoms with Crippen LogP contribution in [-0.2, 0) is 0 Å². The number of rotatable bonds is 3. The smallest absolute Gasteiger partial charge is 0.00423 e. The van der Waals surface area contributed by atoms with Gasteiger partial charge in [0.15, 0.2) is 0 Å². The highest BCUT2D eigenvalue weighted by Gasteiger charge is 1.87. The van der Waals surface area contributed by atoms with E-state index in [1.807, 2.05) is 6.08 Å². The first-order valence-corrected chi connectivity index (χ1v) is 2.47. The van der Waals surface area contributed by atoms with Crippen LogP contribution in [0.1, 0.15) is 12.8 Å². The van der Waals surface area contributed by atoms with Gasteiger partial charge in [-0.3, -0.25) is 0 Å². The van der Waals surface area contributed by atoms with Crippen LogP contribution < -0.4 is 5.73 Å². The molecular weight excluding hydrogens is 86.1 g/mol. The highest BCUT2D eigenvalue weighted by atomic mass is 14.6. The van der Waals surface area contributed by atoms with Gasteiger partial charge in [0.1, 0.15) is 0 Å². The molecule has 0 bridgehead atoms. The lowest BCUT2D eigenvalue weighted by molar-refractivity contribution is 0.731. The maximum atomic E-state index is 5.32. The minimum absolute atomic E-state index is 0.0815. The van der Waals surface area contributed by atoms with Crippen LogP contribution in [0.2, 0.25) is 0 Å². The van der Waals surface area contributed by atoms with E-state index in [0.29, 0.717) is 0 Å². The van der Waals surface area contributed by atoms with E-state index >= 15 is 0 Å². The van der Waals surface area contributed by atoms with E-state index in [4.69, 9.17) is 5.73 Å². The Bertz CT molecular complexity index is 48.1. The molecule has 7 heavy (non-hydrogen) atoms. The molecular formula is C6H12N. The molecule has 1 nitrogen and oxygen atoms in total. The summed E-state index contributed by atoms with van der Waals surface area (Å²) in [6.45, 7) is 7.16. The van der Waals surface area contributed by atoms with Crippen molar-refractivity contribution in [1.82, 2.24) is 0 Å². The Morgan fingerprint density at radius 3 is 2.43 bits per heavy atom. The van der Waals surface area contributed by atoms with Crippen LogP contribution in [0, 0.1) is 6.92 Å². The number of hydrogen-bond donors (Lipinski definition) is 1. The van der Waals surface area contributed by atoms with Gasteiger partial charge in [-0.05, 0) is 19.8 Å². The first-order chi connectivity index (χ1) is 3.27. The summed E-state index contributed by atoms with van der Waals surface area (Å²) < 4.78 is 0. The van der Waals surface area contributed by atoms with Crippen LogP contribution in [0.25, 0.3) is 0 Å². The van der Waals surface area contributed by atoms with Crippen molar-refractivity contribution in [3.8, 4) is 0 Å². The molecule has 0 heterocycles. The van der Waals surface area contributed by atoms with Gasteiger partial charge in [0.05, 0.1) is 0 Å². The fraction of sp³-hybridized carbons (Fsp3) is 0.500. The van der Waals surface area contributed by atoms with Gasteiger partial charge in [0.25, 0.3) is 0 Å². The van der Waals surface area contributed by atoms with E-state index in [1.165, 1.54) is 0 Å². The Balaban J connectivity index is 2.81. The molecule has 0 aromatic carbocycles. The Hall–Kier alpha value is -0.300. The fourth-order valence-electron chi connectivity index (χ4n) is 0.332. The van der Waals surface area contributed by atoms with Crippen LogP contribution in [0.15, 0.2) is 12.7 Å². The Morgan fingerprint density at radius 1 is 1.71 bits per heavy atom. The molecule has 1 radical (unpaired) electrons. The molecule has 0 aliphatic rings. The van der Waals surface area contributed by atoms with E-state index < -0.39 is 0 Å². The third kappa shape index (κ3) is 5.70. The monoisotopic (exact) mass is 98.1 g/mol. The summed E-state index contributed by atoms with van der Waals surface area (Å²) in [5.41, 5.74) is 5.32. The molecule has 2 N–H and O–H groups in total. The topological polar surface area (TPSA) is 26.0 Å². The molecule has 0 saturated heterocycles. The molecule has 1 heteroatoms. The average Bonchev–Trinajstić information content (AvgIpc) is 1.61. The molecule has 0 aliphatic carbocycles. The van der Waals surface area contributed by atoms with Crippen molar-refractivity contribution >= 4 is 0 Å². The summed E-state index contributed by atoms with van der Waals surface area (Å²) in [4.78, 5) is 0. The zero-order valence-corrected chi connectivity index (χ0v) is 4.56. The standard InChI is InChI=1S/C6H12N/c1-3-4-5-6(2)7/h3,6H,1-2,4-5,7H2. The number of hydrogen-bond acceptors (Lipinski definition) is 1. The van der Waals surface area contributed by atoms with Crippen molar-refractivity contribution < 1.29 is 0 Å². The molecule has 0 aliphatic heterocycles. The molecule has 0 amide bonds. The van der Waals surface area contributed by atoms with E-state index in [2.05, 4.69) is 13.5 Å². The van der Waals surface area contributed by atoms with Crippen molar-refractivity contribution in [1.29, 1.82) is 0 Å². The minimum Gasteiger partial charge on any atom is -0.328 e. The Labute approximate surface area is 45.2 Å². The number of nitrogens with two attached hydrogens (primary N) is 1. The van der Waals surface area contributed by atoms with Crippen molar-refractivity contribution in [3.63, 3.8) is 0 Å². The summed E-state index contributed by atoms with van der Waals surface area (Å²) in [6.07, 6.45) is 3.78. The fourth-order valence-corrected chi connectivity index (χ4v) is 0.332. The van der Waals surface area contributed by atoms with E-state index in [0.717, 1.165) is 12.8 Å². The molecule has 41 valence electrons. The van der Waals surface area contributed by atoms with Crippen LogP contribution >= 0.6 is 0 Å². The SMILES string of the molecule is [CH2]C(N)CCC=C. The molecule has 0 rings (SSSR count). The average molecular weight is 98.2 g/mol. The lowest BCUT2D eigenvalue weighted by Gasteiger charge is -1.97. The summed E-state index contributed by atoms with van der Waals surface area (Å²) in [5.74, 6) is 0. The van der Waals surface area contributed by atoms with Crippen LogP contribution in [-0.4, -0.2) is 6.04 Å². The highest BCUT2D eigenvalue weighted by Crippen LogP contribution is 1.90. The van der Waals surface area contributed by atoms with Gasteiger partial charge in [0, 0.05) is 6.04 Å². The van der Waals surface area contributed by atoms with Crippen LogP contribution in [0.5, 0.6) is 0 Å². The van der Waals surface area contributed by atoms with Crippen molar-refractivity contribution in [2.24, 2.45) is 5.73 Å². The highest BCUT2D eigenvalue weighted by molar-refractivity contribution is 4.71. The van der Waals surface area contributed by atoms with Crippen molar-refractivity contribution in [3.05, 3.63) is 19.6 Å². The molecule has 0 fully saturated rings. The third-order valence-electron chi connectivity index (χ3n) is 0.742. The Kier molecular flexibility index (Phi) is 3.71. The second-order valence-electron chi connectivity index (χ2n) is 1.63. The maximum Gasteiger partial charge on any atom is 0.00423 e. The first kappa shape index (κ1) is 6.70. The second-order valence-corrected chi connectivity index (χ2v) is 1.63. The van der Waals surface area contributed by atoms with Gasteiger partial charge in [0.2, 0.25) is 0 Å². The Morgan fingerprint density at radius 2 is 2.29 bits per heavy atom. The van der Waals surface area contributed by atoms with E-state index in [1.54, 1.807) is 0 Å². The zero-order chi connectivity index (χ0) is 5.70. The summed E-state index contributed by atoms with van der Waals surface area (Å²) in [5, 5.41) is 0. The molecule has 0 aromatic heterocycles. The van der Waals surface area contributed by atoms with Crippen molar-refractivity contribution in [2.45, 2.75) is 18.9 Å². The van der Waals surface area contributed by atoms with E-state index in [-0.39, 0.29) is 6.04 Å². The first-order valence-electron chi connectivity index (χ1n) is 2.47. The van der Waals surface area contributed by atoms with Gasteiger partial charge >= 0.3 is 0 Å². The molecule has 1 atom stereocenters. The number of allylic oxidation sites excluding steroid dienone is 1. The van der Waals surface area contributed by atoms with Gasteiger partial charge < -0.3 is 5.73 Å². The molecule has 0 saturated carbocycles. The van der Waals surface area contributed by atoms with Gasteiger partial charge in [-0.1, -0.05) is 6.08 Å². The predicted octanol–water partition coefficient (Wildman–Crippen LogP) is 1.11. The summed E-state index contributed by atoms with van der Waals surface area (Å²) in [6, 6.07) is 0.0815. The second kappa shape index (κ2) is 3.88. The quantitative estimate of drug-likeness (QED) is 0.526. The molecule has 1 unspecified atom stereocenters. The predicted molar refractivity (Wildman–Crippen MR) is 32.8 cm³/mol. The molecule has 0 spiro atoms. The minimum atomic E-state index is 0.0815. The lowest BCUT2D eigenvalue weighted by atomic mass is 10.2. The van der Waals surface area contributed by atoms with Crippen LogP contribution in [0.4, 0.5) is 0 Å². The third-order valence-corrected chi connectivity index (χ3v) is 0.742. The van der Waals surface area contributed by atoms with E-state index in [9.17, 15) is 0 Å².